The van der Waals surface area contributed by atoms with Crippen molar-refractivity contribution >= 4 is 17.5 Å². The molecule has 0 radical (unpaired) electrons. The fourth-order valence-corrected chi connectivity index (χ4v) is 2.51. The third kappa shape index (κ3) is 3.17. The minimum atomic E-state index is -0.162. The van der Waals surface area contributed by atoms with E-state index in [1.807, 2.05) is 25.1 Å². The molecule has 0 spiro atoms. The first-order valence-corrected chi connectivity index (χ1v) is 7.47. The average molecular weight is 318 g/mol. The van der Waals surface area contributed by atoms with E-state index in [0.29, 0.717) is 29.5 Å². The maximum absolute atomic E-state index is 12.2. The standard InChI is InChI=1S/C17H16ClNO3/c1-11(19-17(20)13-3-2-4-14(18)9-13)12-5-6-15-16(10-12)22-8-7-21-15/h2-6,9-11H,7-8H2,1H3,(H,19,20)/t11-/m0/s1. The molecule has 1 amide bonds. The number of nitrogens with one attached hydrogen (secondary N) is 1. The van der Waals surface area contributed by atoms with Crippen molar-refractivity contribution in [3.8, 4) is 11.5 Å². The minimum Gasteiger partial charge on any atom is -0.486 e. The molecule has 0 bridgehead atoms. The van der Waals surface area contributed by atoms with Crippen LogP contribution in [0.2, 0.25) is 5.02 Å². The SMILES string of the molecule is C[C@H](NC(=O)c1cccc(Cl)c1)c1ccc2c(c1)OCCO2. The third-order valence-electron chi connectivity index (χ3n) is 3.50. The van der Waals surface area contributed by atoms with E-state index in [1.165, 1.54) is 0 Å². The lowest BCUT2D eigenvalue weighted by Crippen LogP contribution is -2.26. The Morgan fingerprint density at radius 2 is 1.91 bits per heavy atom. The summed E-state index contributed by atoms with van der Waals surface area (Å²) in [6, 6.07) is 12.4. The minimum absolute atomic E-state index is 0.151. The van der Waals surface area contributed by atoms with Crippen molar-refractivity contribution in [3.63, 3.8) is 0 Å². The van der Waals surface area contributed by atoms with Gasteiger partial charge in [-0.05, 0) is 42.8 Å². The number of carbonyl (C=O) groups excluding carboxylic acids is 1. The maximum Gasteiger partial charge on any atom is 0.251 e. The first-order valence-electron chi connectivity index (χ1n) is 7.09. The molecule has 0 fully saturated rings. The number of ether oxygens (including phenoxy) is 2. The van der Waals surface area contributed by atoms with Gasteiger partial charge in [-0.25, -0.2) is 0 Å². The Kier molecular flexibility index (Phi) is 4.20. The van der Waals surface area contributed by atoms with Crippen LogP contribution in [0.1, 0.15) is 28.9 Å². The topological polar surface area (TPSA) is 47.6 Å². The van der Waals surface area contributed by atoms with Crippen LogP contribution in [0.15, 0.2) is 42.5 Å². The zero-order valence-corrected chi connectivity index (χ0v) is 12.9. The van der Waals surface area contributed by atoms with Gasteiger partial charge in [-0.2, -0.15) is 0 Å². The normalized spacial score (nSPS) is 14.3. The van der Waals surface area contributed by atoms with Crippen LogP contribution in [0.5, 0.6) is 11.5 Å². The van der Waals surface area contributed by atoms with Crippen LogP contribution in [0.4, 0.5) is 0 Å². The smallest absolute Gasteiger partial charge is 0.251 e. The van der Waals surface area contributed by atoms with Gasteiger partial charge < -0.3 is 14.8 Å². The highest BCUT2D eigenvalue weighted by atomic mass is 35.5. The molecule has 4 nitrogen and oxygen atoms in total. The van der Waals surface area contributed by atoms with Crippen LogP contribution >= 0.6 is 11.6 Å². The van der Waals surface area contributed by atoms with Crippen molar-refractivity contribution in [2.24, 2.45) is 0 Å². The lowest BCUT2D eigenvalue weighted by Gasteiger charge is -2.21. The number of rotatable bonds is 3. The lowest BCUT2D eigenvalue weighted by molar-refractivity contribution is 0.0939. The molecule has 114 valence electrons. The van der Waals surface area contributed by atoms with E-state index in [0.717, 1.165) is 11.3 Å². The summed E-state index contributed by atoms with van der Waals surface area (Å²) in [7, 11) is 0. The summed E-state index contributed by atoms with van der Waals surface area (Å²) >= 11 is 5.91. The third-order valence-corrected chi connectivity index (χ3v) is 3.74. The van der Waals surface area contributed by atoms with Crippen LogP contribution < -0.4 is 14.8 Å². The predicted molar refractivity (Wildman–Crippen MR) is 84.8 cm³/mol. The van der Waals surface area contributed by atoms with Gasteiger partial charge in [0.1, 0.15) is 13.2 Å². The molecule has 2 aromatic carbocycles. The predicted octanol–water partition coefficient (Wildman–Crippen LogP) is 3.60. The molecule has 2 aromatic rings. The van der Waals surface area contributed by atoms with E-state index < -0.39 is 0 Å². The van der Waals surface area contributed by atoms with Crippen LogP contribution in [-0.4, -0.2) is 19.1 Å². The fraction of sp³-hybridized carbons (Fsp3) is 0.235. The molecule has 1 N–H and O–H groups in total. The molecule has 0 aliphatic carbocycles. The Bertz CT molecular complexity index is 702. The first kappa shape index (κ1) is 14.7. The van der Waals surface area contributed by atoms with Gasteiger partial charge in [0.25, 0.3) is 5.91 Å². The molecule has 0 saturated carbocycles. The highest BCUT2D eigenvalue weighted by Crippen LogP contribution is 2.32. The Morgan fingerprint density at radius 1 is 1.14 bits per heavy atom. The quantitative estimate of drug-likeness (QED) is 0.941. The second-order valence-corrected chi connectivity index (χ2v) is 5.55. The summed E-state index contributed by atoms with van der Waals surface area (Å²) in [4.78, 5) is 12.2. The van der Waals surface area contributed by atoms with Crippen molar-refractivity contribution in [1.82, 2.24) is 5.32 Å². The Hall–Kier alpha value is -2.20. The van der Waals surface area contributed by atoms with Gasteiger partial charge >= 0.3 is 0 Å². The number of hydrogen-bond acceptors (Lipinski definition) is 3. The Labute approximate surface area is 134 Å². The lowest BCUT2D eigenvalue weighted by atomic mass is 10.1. The molecular formula is C17H16ClNO3. The Balaban J connectivity index is 1.74. The number of fused-ring (bicyclic) bond motifs is 1. The van der Waals surface area contributed by atoms with Crippen molar-refractivity contribution in [3.05, 3.63) is 58.6 Å². The molecule has 0 unspecified atom stereocenters. The molecule has 1 aliphatic heterocycles. The number of hydrogen-bond donors (Lipinski definition) is 1. The van der Waals surface area contributed by atoms with E-state index in [4.69, 9.17) is 21.1 Å². The summed E-state index contributed by atoms with van der Waals surface area (Å²) in [5.74, 6) is 1.29. The summed E-state index contributed by atoms with van der Waals surface area (Å²) in [5, 5.41) is 3.49. The van der Waals surface area contributed by atoms with Gasteiger partial charge in [-0.15, -0.1) is 0 Å². The van der Waals surface area contributed by atoms with Crippen LogP contribution in [0.3, 0.4) is 0 Å². The second kappa shape index (κ2) is 6.28. The number of carbonyl (C=O) groups is 1. The van der Waals surface area contributed by atoms with Crippen LogP contribution in [0.25, 0.3) is 0 Å². The van der Waals surface area contributed by atoms with E-state index >= 15 is 0 Å². The largest absolute Gasteiger partial charge is 0.486 e. The van der Waals surface area contributed by atoms with Crippen molar-refractivity contribution < 1.29 is 14.3 Å². The number of benzene rings is 2. The number of amides is 1. The average Bonchev–Trinajstić information content (AvgIpc) is 2.54. The second-order valence-electron chi connectivity index (χ2n) is 5.11. The molecule has 0 saturated heterocycles. The highest BCUT2D eigenvalue weighted by molar-refractivity contribution is 6.30. The van der Waals surface area contributed by atoms with Crippen molar-refractivity contribution in [2.45, 2.75) is 13.0 Å². The van der Waals surface area contributed by atoms with Gasteiger partial charge in [0.05, 0.1) is 6.04 Å². The molecule has 1 aliphatic rings. The summed E-state index contributed by atoms with van der Waals surface area (Å²) in [6.45, 7) is 3.03. The maximum atomic E-state index is 12.2. The molecule has 1 heterocycles. The van der Waals surface area contributed by atoms with E-state index in [2.05, 4.69) is 5.32 Å². The molecule has 1 atom stereocenters. The molecule has 5 heteroatoms. The van der Waals surface area contributed by atoms with Gasteiger partial charge in [0.15, 0.2) is 11.5 Å². The summed E-state index contributed by atoms with van der Waals surface area (Å²) in [6.07, 6.45) is 0. The van der Waals surface area contributed by atoms with Gasteiger partial charge in [0, 0.05) is 10.6 Å². The molecule has 0 aromatic heterocycles. The monoisotopic (exact) mass is 317 g/mol. The Morgan fingerprint density at radius 3 is 2.68 bits per heavy atom. The van der Waals surface area contributed by atoms with Crippen molar-refractivity contribution in [2.75, 3.05) is 13.2 Å². The van der Waals surface area contributed by atoms with Gasteiger partial charge in [0.2, 0.25) is 0 Å². The van der Waals surface area contributed by atoms with Gasteiger partial charge in [-0.1, -0.05) is 23.7 Å². The zero-order chi connectivity index (χ0) is 15.5. The molecule has 3 rings (SSSR count). The summed E-state index contributed by atoms with van der Waals surface area (Å²) < 4.78 is 11.1. The van der Waals surface area contributed by atoms with E-state index in [-0.39, 0.29) is 11.9 Å². The fourth-order valence-electron chi connectivity index (χ4n) is 2.32. The number of halogens is 1. The van der Waals surface area contributed by atoms with E-state index in [1.54, 1.807) is 24.3 Å². The highest BCUT2D eigenvalue weighted by Gasteiger charge is 2.16. The zero-order valence-electron chi connectivity index (χ0n) is 12.1. The molecule has 22 heavy (non-hydrogen) atoms. The molecular weight excluding hydrogens is 302 g/mol. The van der Waals surface area contributed by atoms with Gasteiger partial charge in [-0.3, -0.25) is 4.79 Å². The first-order chi connectivity index (χ1) is 10.6. The van der Waals surface area contributed by atoms with E-state index in [9.17, 15) is 4.79 Å². The van der Waals surface area contributed by atoms with Crippen molar-refractivity contribution in [1.29, 1.82) is 0 Å². The summed E-state index contributed by atoms with van der Waals surface area (Å²) in [5.41, 5.74) is 1.50. The van der Waals surface area contributed by atoms with Crippen LogP contribution in [0, 0.1) is 0 Å². The van der Waals surface area contributed by atoms with Crippen LogP contribution in [-0.2, 0) is 0 Å².